The zero-order valence-electron chi connectivity index (χ0n) is 10.7. The highest BCUT2D eigenvalue weighted by Crippen LogP contribution is 2.17. The molecule has 0 radical (unpaired) electrons. The van der Waals surface area contributed by atoms with Gasteiger partial charge < -0.3 is 10.4 Å². The first-order chi connectivity index (χ1) is 8.59. The summed E-state index contributed by atoms with van der Waals surface area (Å²) >= 11 is 3.46. The van der Waals surface area contributed by atoms with E-state index in [1.165, 1.54) is 5.56 Å². The number of hydrogen-bond acceptors (Lipinski definition) is 2. The molecule has 0 fully saturated rings. The molecule has 0 heterocycles. The Labute approximate surface area is 117 Å². The molecule has 0 aliphatic carbocycles. The van der Waals surface area contributed by atoms with Crippen molar-refractivity contribution in [2.75, 3.05) is 6.54 Å². The zero-order chi connectivity index (χ0) is 13.4. The molecule has 1 unspecified atom stereocenters. The number of carboxylic acid groups (broad SMARTS) is 1. The lowest BCUT2D eigenvalue weighted by atomic mass is 10.1. The van der Waals surface area contributed by atoms with Gasteiger partial charge in [0.2, 0.25) is 0 Å². The smallest absolute Gasteiger partial charge is 0.303 e. The van der Waals surface area contributed by atoms with Crippen molar-refractivity contribution < 1.29 is 9.90 Å². The number of hydrogen-bond donors (Lipinski definition) is 2. The predicted octanol–water partition coefficient (Wildman–Crippen LogP) is 3.74. The number of benzene rings is 1. The fourth-order valence-corrected chi connectivity index (χ4v) is 2.21. The van der Waals surface area contributed by atoms with Crippen LogP contribution in [0.3, 0.4) is 0 Å². The van der Waals surface area contributed by atoms with Crippen molar-refractivity contribution in [2.24, 2.45) is 0 Å². The summed E-state index contributed by atoms with van der Waals surface area (Å²) in [6.07, 6.45) is 3.03. The van der Waals surface area contributed by atoms with Gasteiger partial charge in [0, 0.05) is 16.9 Å². The van der Waals surface area contributed by atoms with E-state index in [9.17, 15) is 4.79 Å². The Morgan fingerprint density at radius 3 is 2.83 bits per heavy atom. The molecule has 0 saturated carbocycles. The molecule has 0 saturated heterocycles. The summed E-state index contributed by atoms with van der Waals surface area (Å²) in [5, 5.41) is 12.0. The molecule has 0 bridgehead atoms. The Kier molecular flexibility index (Phi) is 6.98. The van der Waals surface area contributed by atoms with E-state index < -0.39 is 5.97 Å². The van der Waals surface area contributed by atoms with Crippen molar-refractivity contribution in [3.63, 3.8) is 0 Å². The molecule has 2 N–H and O–H groups in total. The molecular weight excluding hydrogens is 294 g/mol. The lowest BCUT2D eigenvalue weighted by molar-refractivity contribution is -0.137. The second kappa shape index (κ2) is 8.27. The Morgan fingerprint density at radius 1 is 1.39 bits per heavy atom. The summed E-state index contributed by atoms with van der Waals surface area (Å²) < 4.78 is 1.09. The van der Waals surface area contributed by atoms with Crippen LogP contribution in [0.1, 0.15) is 44.2 Å². The van der Waals surface area contributed by atoms with Crippen LogP contribution in [0.5, 0.6) is 0 Å². The van der Waals surface area contributed by atoms with Crippen molar-refractivity contribution in [2.45, 2.75) is 38.6 Å². The molecule has 1 atom stereocenters. The van der Waals surface area contributed by atoms with Gasteiger partial charge in [0.15, 0.2) is 0 Å². The van der Waals surface area contributed by atoms with Crippen molar-refractivity contribution >= 4 is 21.9 Å². The summed E-state index contributed by atoms with van der Waals surface area (Å²) in [6.45, 7) is 3.06. The van der Waals surface area contributed by atoms with Gasteiger partial charge in [-0.1, -0.05) is 34.5 Å². The van der Waals surface area contributed by atoms with Crippen LogP contribution in [0.4, 0.5) is 0 Å². The third-order valence-electron chi connectivity index (χ3n) is 2.87. The Hall–Kier alpha value is -0.870. The Morgan fingerprint density at radius 2 is 2.17 bits per heavy atom. The summed E-state index contributed by atoms with van der Waals surface area (Å²) in [5.41, 5.74) is 1.26. The van der Waals surface area contributed by atoms with Crippen LogP contribution in [0, 0.1) is 0 Å². The zero-order valence-corrected chi connectivity index (χ0v) is 12.2. The average Bonchev–Trinajstić information content (AvgIpc) is 2.33. The molecule has 0 aliphatic heterocycles. The van der Waals surface area contributed by atoms with Crippen molar-refractivity contribution in [1.29, 1.82) is 0 Å². The van der Waals surface area contributed by atoms with Crippen LogP contribution >= 0.6 is 15.9 Å². The lowest BCUT2D eigenvalue weighted by Crippen LogP contribution is -2.19. The van der Waals surface area contributed by atoms with Gasteiger partial charge in [-0.15, -0.1) is 0 Å². The van der Waals surface area contributed by atoms with E-state index in [0.717, 1.165) is 30.3 Å². The van der Waals surface area contributed by atoms with E-state index >= 15 is 0 Å². The monoisotopic (exact) mass is 313 g/mol. The standard InChI is InChI=1S/C14H20BrNO2/c1-11(12-6-5-7-13(15)10-12)16-9-4-2-3-8-14(17)18/h5-7,10-11,16H,2-4,8-9H2,1H3,(H,17,18). The highest BCUT2D eigenvalue weighted by Gasteiger charge is 2.04. The highest BCUT2D eigenvalue weighted by atomic mass is 79.9. The topological polar surface area (TPSA) is 49.3 Å². The normalized spacial score (nSPS) is 12.3. The van der Waals surface area contributed by atoms with Crippen LogP contribution in [-0.4, -0.2) is 17.6 Å². The molecule has 100 valence electrons. The van der Waals surface area contributed by atoms with Gasteiger partial charge >= 0.3 is 5.97 Å². The quantitative estimate of drug-likeness (QED) is 0.719. The van der Waals surface area contributed by atoms with E-state index in [-0.39, 0.29) is 6.42 Å². The fraction of sp³-hybridized carbons (Fsp3) is 0.500. The molecule has 0 aromatic heterocycles. The van der Waals surface area contributed by atoms with Crippen LogP contribution in [0.25, 0.3) is 0 Å². The van der Waals surface area contributed by atoms with Gasteiger partial charge in [-0.25, -0.2) is 0 Å². The largest absolute Gasteiger partial charge is 0.481 e. The first-order valence-electron chi connectivity index (χ1n) is 6.30. The molecular formula is C14H20BrNO2. The summed E-state index contributed by atoms with van der Waals surface area (Å²) in [7, 11) is 0. The van der Waals surface area contributed by atoms with E-state index in [0.29, 0.717) is 6.04 Å². The first kappa shape index (κ1) is 15.2. The van der Waals surface area contributed by atoms with Gasteiger partial charge in [-0.05, 0) is 44.0 Å². The van der Waals surface area contributed by atoms with E-state index in [4.69, 9.17) is 5.11 Å². The SMILES string of the molecule is CC(NCCCCCC(=O)O)c1cccc(Br)c1. The van der Waals surface area contributed by atoms with Crippen LogP contribution in [0.15, 0.2) is 28.7 Å². The number of aliphatic carboxylic acids is 1. The third kappa shape index (κ3) is 6.17. The number of carbonyl (C=O) groups is 1. The first-order valence-corrected chi connectivity index (χ1v) is 7.09. The molecule has 18 heavy (non-hydrogen) atoms. The fourth-order valence-electron chi connectivity index (χ4n) is 1.79. The molecule has 3 nitrogen and oxygen atoms in total. The van der Waals surface area contributed by atoms with E-state index in [1.807, 2.05) is 12.1 Å². The second-order valence-corrected chi connectivity index (χ2v) is 5.35. The van der Waals surface area contributed by atoms with Gasteiger partial charge in [0.25, 0.3) is 0 Å². The summed E-state index contributed by atoms with van der Waals surface area (Å²) in [4.78, 5) is 10.3. The van der Waals surface area contributed by atoms with Crippen molar-refractivity contribution in [1.82, 2.24) is 5.32 Å². The molecule has 1 rings (SSSR count). The maximum atomic E-state index is 10.3. The molecule has 0 spiro atoms. The Balaban J connectivity index is 2.17. The van der Waals surface area contributed by atoms with Crippen molar-refractivity contribution in [3.05, 3.63) is 34.3 Å². The van der Waals surface area contributed by atoms with Gasteiger partial charge in [-0.3, -0.25) is 4.79 Å². The molecule has 1 aromatic rings. The second-order valence-electron chi connectivity index (χ2n) is 4.44. The third-order valence-corrected chi connectivity index (χ3v) is 3.36. The number of halogens is 1. The minimum absolute atomic E-state index is 0.279. The molecule has 0 amide bonds. The highest BCUT2D eigenvalue weighted by molar-refractivity contribution is 9.10. The minimum Gasteiger partial charge on any atom is -0.481 e. The van der Waals surface area contributed by atoms with Crippen molar-refractivity contribution in [3.8, 4) is 0 Å². The average molecular weight is 314 g/mol. The minimum atomic E-state index is -0.703. The predicted molar refractivity (Wildman–Crippen MR) is 76.7 cm³/mol. The van der Waals surface area contributed by atoms with Crippen LogP contribution < -0.4 is 5.32 Å². The van der Waals surface area contributed by atoms with Crippen LogP contribution in [0.2, 0.25) is 0 Å². The number of carboxylic acids is 1. The maximum Gasteiger partial charge on any atom is 0.303 e. The number of rotatable bonds is 8. The van der Waals surface area contributed by atoms with Gasteiger partial charge in [0.05, 0.1) is 0 Å². The van der Waals surface area contributed by atoms with Gasteiger partial charge in [-0.2, -0.15) is 0 Å². The Bertz CT molecular complexity index is 382. The van der Waals surface area contributed by atoms with E-state index in [2.05, 4.69) is 40.3 Å². The number of unbranched alkanes of at least 4 members (excludes halogenated alkanes) is 2. The molecule has 0 aliphatic rings. The lowest BCUT2D eigenvalue weighted by Gasteiger charge is -2.14. The molecule has 1 aromatic carbocycles. The maximum absolute atomic E-state index is 10.3. The van der Waals surface area contributed by atoms with E-state index in [1.54, 1.807) is 0 Å². The summed E-state index contributed by atoms with van der Waals surface area (Å²) in [6, 6.07) is 8.59. The summed E-state index contributed by atoms with van der Waals surface area (Å²) in [5.74, 6) is -0.703. The van der Waals surface area contributed by atoms with Crippen LogP contribution in [-0.2, 0) is 4.79 Å². The number of nitrogens with one attached hydrogen (secondary N) is 1. The molecule has 4 heteroatoms. The van der Waals surface area contributed by atoms with Gasteiger partial charge in [0.1, 0.15) is 0 Å².